The molecule has 2 saturated heterocycles. The first-order valence-electron chi connectivity index (χ1n) is 7.96. The second-order valence-corrected chi connectivity index (χ2v) is 6.88. The van der Waals surface area contributed by atoms with Gasteiger partial charge in [-0.05, 0) is 55.4 Å². The maximum Gasteiger partial charge on any atom is 0.0472 e. The summed E-state index contributed by atoms with van der Waals surface area (Å²) in [6.45, 7) is 4.47. The molecule has 0 amide bonds. The number of anilines is 1. The van der Waals surface area contributed by atoms with Crippen LogP contribution >= 0.6 is 0 Å². The summed E-state index contributed by atoms with van der Waals surface area (Å²) in [7, 11) is 0. The van der Waals surface area contributed by atoms with Crippen LogP contribution in [0.25, 0.3) is 0 Å². The number of nitrogen functional groups attached to an aromatic ring is 1. The molecule has 0 radical (unpaired) electrons. The van der Waals surface area contributed by atoms with Gasteiger partial charge in [-0.3, -0.25) is 4.90 Å². The summed E-state index contributed by atoms with van der Waals surface area (Å²) in [6, 6.07) is 7.16. The number of benzene rings is 1. The van der Waals surface area contributed by atoms with Crippen LogP contribution in [0, 0.1) is 5.41 Å². The van der Waals surface area contributed by atoms with E-state index in [9.17, 15) is 0 Å². The van der Waals surface area contributed by atoms with Crippen molar-refractivity contribution >= 4 is 5.69 Å². The highest BCUT2D eigenvalue weighted by atomic mass is 16.5. The maximum absolute atomic E-state index is 5.93. The molecule has 1 unspecified atom stereocenters. The Balaban J connectivity index is 1.51. The summed E-state index contributed by atoms with van der Waals surface area (Å²) in [5.74, 6) is 0. The average molecular weight is 272 g/mol. The van der Waals surface area contributed by atoms with Gasteiger partial charge in [-0.2, -0.15) is 0 Å². The molecule has 0 bridgehead atoms. The van der Waals surface area contributed by atoms with Gasteiger partial charge >= 0.3 is 0 Å². The number of ether oxygens (including phenoxy) is 1. The van der Waals surface area contributed by atoms with Gasteiger partial charge in [0.1, 0.15) is 0 Å². The Labute approximate surface area is 121 Å². The van der Waals surface area contributed by atoms with Gasteiger partial charge in [0.25, 0.3) is 0 Å². The van der Waals surface area contributed by atoms with Gasteiger partial charge in [0.15, 0.2) is 0 Å². The number of aryl methyl sites for hydroxylation is 1. The number of hydrogen-bond acceptors (Lipinski definition) is 3. The van der Waals surface area contributed by atoms with Gasteiger partial charge in [-0.15, -0.1) is 0 Å². The summed E-state index contributed by atoms with van der Waals surface area (Å²) >= 11 is 0. The molecule has 3 aliphatic rings. The van der Waals surface area contributed by atoms with E-state index in [1.54, 1.807) is 0 Å². The van der Waals surface area contributed by atoms with Crippen molar-refractivity contribution in [3.05, 3.63) is 29.3 Å². The van der Waals surface area contributed by atoms with Crippen LogP contribution in [-0.4, -0.2) is 31.2 Å². The summed E-state index contributed by atoms with van der Waals surface area (Å²) in [6.07, 6.45) is 6.32. The minimum Gasteiger partial charge on any atom is -0.399 e. The standard InChI is InChI=1S/C17H24N2O/c18-14-4-5-15-13(10-14)2-1-3-16(15)19-11-17(12-19)6-8-20-9-7-17/h4-5,10,16H,1-3,6-9,11-12,18H2. The fourth-order valence-electron chi connectivity index (χ4n) is 4.34. The van der Waals surface area contributed by atoms with Gasteiger partial charge < -0.3 is 10.5 Å². The smallest absolute Gasteiger partial charge is 0.0472 e. The fourth-order valence-corrected chi connectivity index (χ4v) is 4.34. The molecule has 3 heteroatoms. The highest BCUT2D eigenvalue weighted by Crippen LogP contribution is 2.46. The van der Waals surface area contributed by atoms with Crippen molar-refractivity contribution < 1.29 is 4.74 Å². The van der Waals surface area contributed by atoms with Crippen molar-refractivity contribution in [1.82, 2.24) is 4.90 Å². The van der Waals surface area contributed by atoms with Crippen molar-refractivity contribution in [3.63, 3.8) is 0 Å². The molecular formula is C17H24N2O. The molecule has 1 spiro atoms. The molecule has 3 nitrogen and oxygen atoms in total. The molecule has 2 N–H and O–H groups in total. The highest BCUT2D eigenvalue weighted by Gasteiger charge is 2.46. The third-order valence-electron chi connectivity index (χ3n) is 5.52. The summed E-state index contributed by atoms with van der Waals surface area (Å²) in [4.78, 5) is 2.69. The van der Waals surface area contributed by atoms with E-state index in [0.29, 0.717) is 11.5 Å². The Kier molecular flexibility index (Phi) is 3.00. The second-order valence-electron chi connectivity index (χ2n) is 6.88. The average Bonchev–Trinajstić information content (AvgIpc) is 2.44. The van der Waals surface area contributed by atoms with Gasteiger partial charge in [-0.25, -0.2) is 0 Å². The zero-order valence-electron chi connectivity index (χ0n) is 12.1. The van der Waals surface area contributed by atoms with Gasteiger partial charge in [0.2, 0.25) is 0 Å². The zero-order chi connectivity index (χ0) is 13.6. The Morgan fingerprint density at radius 1 is 1.20 bits per heavy atom. The molecule has 2 fully saturated rings. The third-order valence-corrected chi connectivity index (χ3v) is 5.52. The van der Waals surface area contributed by atoms with E-state index in [1.165, 1.54) is 56.3 Å². The van der Waals surface area contributed by atoms with E-state index in [4.69, 9.17) is 10.5 Å². The number of likely N-dealkylation sites (tertiary alicyclic amines) is 1. The minimum atomic E-state index is 0.573. The van der Waals surface area contributed by atoms with Crippen LogP contribution in [0.2, 0.25) is 0 Å². The molecule has 1 aromatic rings. The van der Waals surface area contributed by atoms with Crippen molar-refractivity contribution in [2.24, 2.45) is 5.41 Å². The molecule has 0 aromatic heterocycles. The van der Waals surface area contributed by atoms with Crippen LogP contribution in [-0.2, 0) is 11.2 Å². The molecule has 1 atom stereocenters. The molecule has 2 aliphatic heterocycles. The summed E-state index contributed by atoms with van der Waals surface area (Å²) in [5.41, 5.74) is 10.4. The number of rotatable bonds is 1. The monoisotopic (exact) mass is 272 g/mol. The maximum atomic E-state index is 5.93. The van der Waals surface area contributed by atoms with E-state index in [1.807, 2.05) is 0 Å². The van der Waals surface area contributed by atoms with Crippen molar-refractivity contribution in [1.29, 1.82) is 0 Å². The van der Waals surface area contributed by atoms with Crippen LogP contribution in [0.3, 0.4) is 0 Å². The molecular weight excluding hydrogens is 248 g/mol. The normalized spacial score (nSPS) is 28.9. The van der Waals surface area contributed by atoms with E-state index < -0.39 is 0 Å². The third kappa shape index (κ3) is 2.04. The van der Waals surface area contributed by atoms with Crippen LogP contribution in [0.1, 0.15) is 42.9 Å². The van der Waals surface area contributed by atoms with E-state index in [0.717, 1.165) is 18.9 Å². The molecule has 2 heterocycles. The first-order chi connectivity index (χ1) is 9.76. The van der Waals surface area contributed by atoms with Gasteiger partial charge in [0.05, 0.1) is 0 Å². The number of fused-ring (bicyclic) bond motifs is 1. The van der Waals surface area contributed by atoms with Crippen LogP contribution in [0.5, 0.6) is 0 Å². The lowest BCUT2D eigenvalue weighted by Crippen LogP contribution is -2.59. The van der Waals surface area contributed by atoms with Crippen molar-refractivity contribution in [2.45, 2.75) is 38.1 Å². The summed E-state index contributed by atoms with van der Waals surface area (Å²) in [5, 5.41) is 0. The van der Waals surface area contributed by atoms with Crippen molar-refractivity contribution in [3.8, 4) is 0 Å². The van der Waals surface area contributed by atoms with Gasteiger partial charge in [0, 0.05) is 43.4 Å². The summed E-state index contributed by atoms with van der Waals surface area (Å²) < 4.78 is 5.52. The first-order valence-corrected chi connectivity index (χ1v) is 7.96. The predicted molar refractivity (Wildman–Crippen MR) is 80.6 cm³/mol. The lowest BCUT2D eigenvalue weighted by molar-refractivity contribution is -0.100. The second kappa shape index (κ2) is 4.74. The minimum absolute atomic E-state index is 0.573. The van der Waals surface area contributed by atoms with Crippen LogP contribution in [0.4, 0.5) is 5.69 Å². The number of nitrogens with zero attached hydrogens (tertiary/aromatic N) is 1. The lowest BCUT2D eigenvalue weighted by atomic mass is 9.71. The lowest BCUT2D eigenvalue weighted by Gasteiger charge is -2.56. The molecule has 0 saturated carbocycles. The highest BCUT2D eigenvalue weighted by molar-refractivity contribution is 5.46. The quantitative estimate of drug-likeness (QED) is 0.799. The molecule has 1 aromatic carbocycles. The number of nitrogens with two attached hydrogens (primary N) is 1. The molecule has 1 aliphatic carbocycles. The topological polar surface area (TPSA) is 38.5 Å². The Morgan fingerprint density at radius 2 is 2.00 bits per heavy atom. The Morgan fingerprint density at radius 3 is 2.80 bits per heavy atom. The van der Waals surface area contributed by atoms with E-state index in [2.05, 4.69) is 23.1 Å². The largest absolute Gasteiger partial charge is 0.399 e. The zero-order valence-corrected chi connectivity index (χ0v) is 12.1. The molecule has 4 rings (SSSR count). The fraction of sp³-hybridized carbons (Fsp3) is 0.647. The van der Waals surface area contributed by atoms with E-state index in [-0.39, 0.29) is 0 Å². The number of hydrogen-bond donors (Lipinski definition) is 1. The molecule has 108 valence electrons. The van der Waals surface area contributed by atoms with Crippen LogP contribution < -0.4 is 5.73 Å². The van der Waals surface area contributed by atoms with Crippen molar-refractivity contribution in [2.75, 3.05) is 32.0 Å². The Hall–Kier alpha value is -1.06. The van der Waals surface area contributed by atoms with Gasteiger partial charge in [-0.1, -0.05) is 6.07 Å². The Bertz CT molecular complexity index is 500. The van der Waals surface area contributed by atoms with Crippen LogP contribution in [0.15, 0.2) is 18.2 Å². The SMILES string of the molecule is Nc1ccc2c(c1)CCCC2N1CC2(CCOCC2)C1. The molecule has 20 heavy (non-hydrogen) atoms. The first kappa shape index (κ1) is 12.7. The van der Waals surface area contributed by atoms with E-state index >= 15 is 0 Å². The predicted octanol–water partition coefficient (Wildman–Crippen LogP) is 2.76.